The average molecular weight is 540 g/mol. The molecule has 0 saturated heterocycles. The number of thiazole rings is 1. The number of esters is 1. The standard InChI is InChI=1S/C28H22FN7O2S/c1-38-26(37)24-25(18-10-7-11-19(29)16-18)39-28(34-24)32-22-13-6-5-12-21(22)31-27(30)33-23-15-14-20(35-36-23)17-8-3-2-4-9-17/h2-16H,1H3,(H,32,34)(H3,30,31,33,36). The lowest BCUT2D eigenvalue weighted by Gasteiger charge is -2.14. The molecular formula is C28H22FN7O2S. The van der Waals surface area contributed by atoms with Gasteiger partial charge in [0.2, 0.25) is 0 Å². The van der Waals surface area contributed by atoms with Crippen LogP contribution in [0.15, 0.2) is 91.0 Å². The van der Waals surface area contributed by atoms with E-state index in [1.807, 2.05) is 48.5 Å². The quantitative estimate of drug-likeness (QED) is 0.106. The molecule has 0 atom stereocenters. The Hall–Kier alpha value is -5.16. The molecule has 0 unspecified atom stereocenters. The normalized spacial score (nSPS) is 10.5. The van der Waals surface area contributed by atoms with Crippen LogP contribution in [-0.2, 0) is 4.74 Å². The highest BCUT2D eigenvalue weighted by molar-refractivity contribution is 7.19. The fourth-order valence-corrected chi connectivity index (χ4v) is 4.67. The van der Waals surface area contributed by atoms with Crippen LogP contribution in [-0.4, -0.2) is 34.2 Å². The van der Waals surface area contributed by atoms with Gasteiger partial charge in [-0.25, -0.2) is 14.2 Å². The summed E-state index contributed by atoms with van der Waals surface area (Å²) in [5.74, 6) is -0.678. The molecule has 194 valence electrons. The minimum Gasteiger partial charge on any atom is -0.464 e. The predicted molar refractivity (Wildman–Crippen MR) is 151 cm³/mol. The number of guanidine groups is 1. The fraction of sp³-hybridized carbons (Fsp3) is 0.0357. The number of nitrogens with zero attached hydrogens (tertiary/aromatic N) is 3. The summed E-state index contributed by atoms with van der Waals surface area (Å²) in [6.45, 7) is 0. The maximum Gasteiger partial charge on any atom is 0.358 e. The van der Waals surface area contributed by atoms with E-state index in [0.717, 1.165) is 11.3 Å². The highest BCUT2D eigenvalue weighted by Gasteiger charge is 2.21. The van der Waals surface area contributed by atoms with Crippen LogP contribution in [0.1, 0.15) is 10.5 Å². The molecule has 5 rings (SSSR count). The Bertz CT molecular complexity index is 1630. The molecule has 0 aliphatic rings. The van der Waals surface area contributed by atoms with E-state index in [2.05, 4.69) is 31.1 Å². The van der Waals surface area contributed by atoms with Gasteiger partial charge in [0.05, 0.1) is 29.1 Å². The molecule has 2 heterocycles. The van der Waals surface area contributed by atoms with E-state index in [1.54, 1.807) is 30.3 Å². The minimum absolute atomic E-state index is 0.0270. The van der Waals surface area contributed by atoms with Gasteiger partial charge in [-0.3, -0.25) is 5.41 Å². The van der Waals surface area contributed by atoms with Crippen LogP contribution < -0.4 is 16.0 Å². The largest absolute Gasteiger partial charge is 0.464 e. The lowest BCUT2D eigenvalue weighted by molar-refractivity contribution is 0.0596. The Balaban J connectivity index is 1.32. The Morgan fingerprint density at radius 2 is 1.62 bits per heavy atom. The van der Waals surface area contributed by atoms with Crippen molar-refractivity contribution in [1.82, 2.24) is 15.2 Å². The zero-order valence-corrected chi connectivity index (χ0v) is 21.4. The summed E-state index contributed by atoms with van der Waals surface area (Å²) in [5.41, 5.74) is 3.44. The van der Waals surface area contributed by atoms with Crippen molar-refractivity contribution in [2.75, 3.05) is 23.1 Å². The van der Waals surface area contributed by atoms with Crippen molar-refractivity contribution < 1.29 is 13.9 Å². The van der Waals surface area contributed by atoms with Gasteiger partial charge >= 0.3 is 5.97 Å². The number of carbonyl (C=O) groups is 1. The van der Waals surface area contributed by atoms with Crippen molar-refractivity contribution in [3.8, 4) is 21.7 Å². The number of anilines is 4. The Morgan fingerprint density at radius 1 is 0.872 bits per heavy atom. The van der Waals surface area contributed by atoms with Gasteiger partial charge in [-0.1, -0.05) is 65.9 Å². The number of para-hydroxylation sites is 2. The number of nitrogens with one attached hydrogen (secondary N) is 4. The lowest BCUT2D eigenvalue weighted by atomic mass is 10.1. The van der Waals surface area contributed by atoms with Gasteiger partial charge < -0.3 is 20.7 Å². The second-order valence-corrected chi connectivity index (χ2v) is 9.16. The maximum absolute atomic E-state index is 13.9. The van der Waals surface area contributed by atoms with Crippen LogP contribution in [0.2, 0.25) is 0 Å². The van der Waals surface area contributed by atoms with E-state index in [9.17, 15) is 9.18 Å². The Kier molecular flexibility index (Phi) is 7.51. The first-order valence-electron chi connectivity index (χ1n) is 11.7. The molecule has 0 aliphatic heterocycles. The number of halogens is 1. The SMILES string of the molecule is COC(=O)c1nc(Nc2ccccc2NC(=N)Nc2ccc(-c3ccccc3)nn2)sc1-c1cccc(F)c1. The Labute approximate surface area is 227 Å². The lowest BCUT2D eigenvalue weighted by Crippen LogP contribution is -2.21. The first kappa shape index (κ1) is 25.5. The van der Waals surface area contributed by atoms with E-state index < -0.39 is 11.8 Å². The van der Waals surface area contributed by atoms with Gasteiger partial charge in [0, 0.05) is 5.56 Å². The minimum atomic E-state index is -0.629. The van der Waals surface area contributed by atoms with E-state index in [4.69, 9.17) is 10.1 Å². The van der Waals surface area contributed by atoms with Crippen molar-refractivity contribution in [3.63, 3.8) is 0 Å². The van der Waals surface area contributed by atoms with Crippen LogP contribution in [0, 0.1) is 11.2 Å². The molecule has 11 heteroatoms. The molecule has 0 fully saturated rings. The molecule has 4 N–H and O–H groups in total. The van der Waals surface area contributed by atoms with Crippen molar-refractivity contribution in [1.29, 1.82) is 5.41 Å². The summed E-state index contributed by atoms with van der Waals surface area (Å²) in [6.07, 6.45) is 0. The van der Waals surface area contributed by atoms with Gasteiger partial charge in [0.1, 0.15) is 5.82 Å². The predicted octanol–water partition coefficient (Wildman–Crippen LogP) is 6.40. The van der Waals surface area contributed by atoms with Gasteiger partial charge in [-0.2, -0.15) is 0 Å². The van der Waals surface area contributed by atoms with E-state index in [0.29, 0.717) is 32.8 Å². The zero-order valence-electron chi connectivity index (χ0n) is 20.6. The summed E-state index contributed by atoms with van der Waals surface area (Å²) in [6, 6.07) is 26.4. The molecule has 0 radical (unpaired) electrons. The monoisotopic (exact) mass is 539 g/mol. The number of ether oxygens (including phenoxy) is 1. The molecule has 9 nitrogen and oxygen atoms in total. The summed E-state index contributed by atoms with van der Waals surface area (Å²) in [4.78, 5) is 17.3. The van der Waals surface area contributed by atoms with E-state index in [-0.39, 0.29) is 11.7 Å². The second-order valence-electron chi connectivity index (χ2n) is 8.16. The van der Waals surface area contributed by atoms with Crippen LogP contribution in [0.25, 0.3) is 21.7 Å². The number of benzene rings is 3. The van der Waals surface area contributed by atoms with Gasteiger partial charge in [-0.15, -0.1) is 10.2 Å². The number of hydrogen-bond donors (Lipinski definition) is 4. The summed E-state index contributed by atoms with van der Waals surface area (Å²) in [5, 5.41) is 26.2. The topological polar surface area (TPSA) is 125 Å². The third-order valence-electron chi connectivity index (χ3n) is 5.51. The van der Waals surface area contributed by atoms with Crippen LogP contribution >= 0.6 is 11.3 Å². The highest BCUT2D eigenvalue weighted by Crippen LogP contribution is 2.36. The third kappa shape index (κ3) is 6.05. The fourth-order valence-electron chi connectivity index (χ4n) is 3.71. The first-order chi connectivity index (χ1) is 19.0. The molecule has 3 aromatic carbocycles. The second kappa shape index (κ2) is 11.5. The smallest absolute Gasteiger partial charge is 0.358 e. The molecule has 2 aromatic heterocycles. The molecule has 0 amide bonds. The van der Waals surface area contributed by atoms with Crippen molar-refractivity contribution in [3.05, 3.63) is 103 Å². The molecule has 39 heavy (non-hydrogen) atoms. The van der Waals surface area contributed by atoms with Gasteiger partial charge in [0.15, 0.2) is 22.6 Å². The Morgan fingerprint density at radius 3 is 2.33 bits per heavy atom. The average Bonchev–Trinajstić information content (AvgIpc) is 3.38. The summed E-state index contributed by atoms with van der Waals surface area (Å²) >= 11 is 1.18. The van der Waals surface area contributed by atoms with Gasteiger partial charge in [-0.05, 0) is 42.0 Å². The highest BCUT2D eigenvalue weighted by atomic mass is 32.1. The van der Waals surface area contributed by atoms with E-state index in [1.165, 1.54) is 30.6 Å². The summed E-state index contributed by atoms with van der Waals surface area (Å²) < 4.78 is 18.7. The van der Waals surface area contributed by atoms with Crippen LogP contribution in [0.4, 0.5) is 26.7 Å². The summed E-state index contributed by atoms with van der Waals surface area (Å²) in [7, 11) is 1.27. The molecule has 0 bridgehead atoms. The molecule has 0 aliphatic carbocycles. The van der Waals surface area contributed by atoms with E-state index >= 15 is 0 Å². The molecule has 0 saturated carbocycles. The van der Waals surface area contributed by atoms with Crippen LogP contribution in [0.5, 0.6) is 0 Å². The number of carbonyl (C=O) groups excluding carboxylic acids is 1. The van der Waals surface area contributed by atoms with Gasteiger partial charge in [0.25, 0.3) is 0 Å². The number of methoxy groups -OCH3 is 1. The number of hydrogen-bond acceptors (Lipinski definition) is 8. The zero-order chi connectivity index (χ0) is 27.2. The van der Waals surface area contributed by atoms with Crippen LogP contribution in [0.3, 0.4) is 0 Å². The number of rotatable bonds is 7. The molecule has 0 spiro atoms. The maximum atomic E-state index is 13.9. The number of aromatic nitrogens is 3. The van der Waals surface area contributed by atoms with Crippen molar-refractivity contribution in [2.45, 2.75) is 0 Å². The van der Waals surface area contributed by atoms with Crippen molar-refractivity contribution >= 4 is 45.6 Å². The molecule has 5 aromatic rings. The first-order valence-corrected chi connectivity index (χ1v) is 12.5. The molecular weight excluding hydrogens is 517 g/mol. The third-order valence-corrected chi connectivity index (χ3v) is 6.53. The van der Waals surface area contributed by atoms with Crippen molar-refractivity contribution in [2.24, 2.45) is 0 Å².